The maximum atomic E-state index is 13.2. The molecule has 4 nitrogen and oxygen atoms in total. The van der Waals surface area contributed by atoms with Crippen LogP contribution in [0, 0.1) is 11.7 Å². The topological polar surface area (TPSA) is 52.6 Å². The van der Waals surface area contributed by atoms with Crippen molar-refractivity contribution in [3.63, 3.8) is 0 Å². The summed E-state index contributed by atoms with van der Waals surface area (Å²) in [6.45, 7) is 2.06. The van der Waals surface area contributed by atoms with Gasteiger partial charge in [-0.05, 0) is 54.7 Å². The highest BCUT2D eigenvalue weighted by Crippen LogP contribution is 2.20. The Morgan fingerprint density at radius 1 is 1.16 bits per heavy atom. The Morgan fingerprint density at radius 2 is 1.92 bits per heavy atom. The first-order chi connectivity index (χ1) is 12.2. The highest BCUT2D eigenvalue weighted by Gasteiger charge is 2.23. The highest BCUT2D eigenvalue weighted by molar-refractivity contribution is 5.95. The van der Waals surface area contributed by atoms with Crippen molar-refractivity contribution in [3.8, 4) is 0 Å². The number of carbonyl (C=O) groups is 1. The molecular formula is C20H23FN2O2. The molecule has 25 heavy (non-hydrogen) atoms. The van der Waals surface area contributed by atoms with Crippen LogP contribution in [0.2, 0.25) is 0 Å². The SMILES string of the molecule is O=C(c1cccc(NCc2cccc(F)c2)c1)N1CCC(CO)CC1. The normalized spacial score (nSPS) is 15.2. The van der Waals surface area contributed by atoms with E-state index in [2.05, 4.69) is 5.32 Å². The number of anilines is 1. The number of nitrogens with zero attached hydrogens (tertiary/aromatic N) is 1. The van der Waals surface area contributed by atoms with Crippen LogP contribution >= 0.6 is 0 Å². The Balaban J connectivity index is 1.62. The van der Waals surface area contributed by atoms with E-state index in [1.807, 2.05) is 35.2 Å². The third-order valence-electron chi connectivity index (χ3n) is 4.66. The Bertz CT molecular complexity index is 727. The summed E-state index contributed by atoms with van der Waals surface area (Å²) in [6, 6.07) is 13.8. The summed E-state index contributed by atoms with van der Waals surface area (Å²) in [5.74, 6) is 0.0728. The van der Waals surface area contributed by atoms with Gasteiger partial charge in [-0.2, -0.15) is 0 Å². The Kier molecular flexibility index (Phi) is 5.66. The minimum atomic E-state index is -0.255. The van der Waals surface area contributed by atoms with Crippen LogP contribution in [-0.2, 0) is 6.54 Å². The summed E-state index contributed by atoms with van der Waals surface area (Å²) in [6.07, 6.45) is 1.69. The van der Waals surface area contributed by atoms with E-state index in [-0.39, 0.29) is 18.3 Å². The zero-order chi connectivity index (χ0) is 17.6. The summed E-state index contributed by atoms with van der Waals surface area (Å²) in [5.41, 5.74) is 2.33. The molecule has 1 saturated heterocycles. The zero-order valence-electron chi connectivity index (χ0n) is 14.1. The molecule has 2 aromatic rings. The van der Waals surface area contributed by atoms with Crippen molar-refractivity contribution in [2.45, 2.75) is 19.4 Å². The smallest absolute Gasteiger partial charge is 0.253 e. The van der Waals surface area contributed by atoms with E-state index in [4.69, 9.17) is 0 Å². The maximum absolute atomic E-state index is 13.2. The summed E-state index contributed by atoms with van der Waals surface area (Å²) in [7, 11) is 0. The molecule has 2 aromatic carbocycles. The number of aliphatic hydroxyl groups is 1. The Hall–Kier alpha value is -2.40. The molecule has 1 heterocycles. The van der Waals surface area contributed by atoms with E-state index in [0.717, 1.165) is 24.1 Å². The van der Waals surface area contributed by atoms with E-state index in [0.29, 0.717) is 31.1 Å². The molecule has 1 amide bonds. The molecule has 1 aliphatic heterocycles. The van der Waals surface area contributed by atoms with Crippen molar-refractivity contribution < 1.29 is 14.3 Å². The highest BCUT2D eigenvalue weighted by atomic mass is 19.1. The van der Waals surface area contributed by atoms with Crippen LogP contribution in [-0.4, -0.2) is 35.6 Å². The number of amides is 1. The zero-order valence-corrected chi connectivity index (χ0v) is 14.1. The summed E-state index contributed by atoms with van der Waals surface area (Å²) >= 11 is 0. The van der Waals surface area contributed by atoms with Crippen molar-refractivity contribution in [1.29, 1.82) is 0 Å². The van der Waals surface area contributed by atoms with E-state index >= 15 is 0 Å². The quantitative estimate of drug-likeness (QED) is 0.877. The van der Waals surface area contributed by atoms with E-state index < -0.39 is 0 Å². The molecule has 0 aromatic heterocycles. The maximum Gasteiger partial charge on any atom is 0.253 e. The molecule has 0 saturated carbocycles. The first kappa shape index (κ1) is 17.4. The lowest BCUT2D eigenvalue weighted by molar-refractivity contribution is 0.0651. The fraction of sp³-hybridized carbons (Fsp3) is 0.350. The first-order valence-corrected chi connectivity index (χ1v) is 8.64. The van der Waals surface area contributed by atoms with Crippen LogP contribution in [0.25, 0.3) is 0 Å². The number of hydrogen-bond acceptors (Lipinski definition) is 3. The third kappa shape index (κ3) is 4.57. The summed E-state index contributed by atoms with van der Waals surface area (Å²) in [5, 5.41) is 12.4. The van der Waals surface area contributed by atoms with Gasteiger partial charge in [0.15, 0.2) is 0 Å². The average molecular weight is 342 g/mol. The predicted molar refractivity (Wildman–Crippen MR) is 95.9 cm³/mol. The number of likely N-dealkylation sites (tertiary alicyclic amines) is 1. The van der Waals surface area contributed by atoms with E-state index in [1.165, 1.54) is 12.1 Å². The van der Waals surface area contributed by atoms with Gasteiger partial charge in [0.1, 0.15) is 5.82 Å². The van der Waals surface area contributed by atoms with Gasteiger partial charge in [0.25, 0.3) is 5.91 Å². The number of rotatable bonds is 5. The van der Waals surface area contributed by atoms with Gasteiger partial charge in [0, 0.05) is 37.5 Å². The fourth-order valence-electron chi connectivity index (χ4n) is 3.11. The largest absolute Gasteiger partial charge is 0.396 e. The number of aliphatic hydroxyl groups excluding tert-OH is 1. The van der Waals surface area contributed by atoms with Crippen LogP contribution in [0.15, 0.2) is 48.5 Å². The minimum Gasteiger partial charge on any atom is -0.396 e. The molecule has 3 rings (SSSR count). The van der Waals surface area contributed by atoms with Crippen LogP contribution < -0.4 is 5.32 Å². The standard InChI is InChI=1S/C20H23FN2O2/c21-18-5-1-3-16(11-18)13-22-19-6-2-4-17(12-19)20(25)23-9-7-15(14-24)8-10-23/h1-6,11-12,15,22,24H,7-10,13-14H2. The number of hydrogen-bond donors (Lipinski definition) is 2. The van der Waals surface area contributed by atoms with Gasteiger partial charge >= 0.3 is 0 Å². The Morgan fingerprint density at radius 3 is 2.64 bits per heavy atom. The lowest BCUT2D eigenvalue weighted by Gasteiger charge is -2.31. The second kappa shape index (κ2) is 8.12. The molecule has 5 heteroatoms. The van der Waals surface area contributed by atoms with Gasteiger partial charge < -0.3 is 15.3 Å². The first-order valence-electron chi connectivity index (χ1n) is 8.64. The molecule has 0 spiro atoms. The molecule has 0 bridgehead atoms. The molecule has 2 N–H and O–H groups in total. The molecule has 0 unspecified atom stereocenters. The molecular weight excluding hydrogens is 319 g/mol. The van der Waals surface area contributed by atoms with Gasteiger partial charge in [-0.1, -0.05) is 18.2 Å². The fourth-order valence-corrected chi connectivity index (χ4v) is 3.11. The molecule has 0 atom stereocenters. The van der Waals surface area contributed by atoms with Crippen molar-refractivity contribution in [2.75, 3.05) is 25.0 Å². The van der Waals surface area contributed by atoms with Crippen LogP contribution in [0.4, 0.5) is 10.1 Å². The second-order valence-electron chi connectivity index (χ2n) is 6.48. The van der Waals surface area contributed by atoms with Crippen molar-refractivity contribution in [2.24, 2.45) is 5.92 Å². The second-order valence-corrected chi connectivity index (χ2v) is 6.48. The molecule has 0 radical (unpaired) electrons. The van der Waals surface area contributed by atoms with Gasteiger partial charge in [-0.15, -0.1) is 0 Å². The number of piperidine rings is 1. The monoisotopic (exact) mass is 342 g/mol. The average Bonchev–Trinajstić information content (AvgIpc) is 2.66. The number of nitrogens with one attached hydrogen (secondary N) is 1. The summed E-state index contributed by atoms with van der Waals surface area (Å²) in [4.78, 5) is 14.5. The Labute approximate surface area is 147 Å². The number of carbonyl (C=O) groups excluding carboxylic acids is 1. The van der Waals surface area contributed by atoms with Gasteiger partial charge in [-0.25, -0.2) is 4.39 Å². The summed E-state index contributed by atoms with van der Waals surface area (Å²) < 4.78 is 13.2. The van der Waals surface area contributed by atoms with Crippen LogP contribution in [0.1, 0.15) is 28.8 Å². The van der Waals surface area contributed by atoms with Gasteiger partial charge in [-0.3, -0.25) is 4.79 Å². The minimum absolute atomic E-state index is 0.0193. The van der Waals surface area contributed by atoms with Crippen LogP contribution in [0.3, 0.4) is 0 Å². The molecule has 1 fully saturated rings. The lowest BCUT2D eigenvalue weighted by Crippen LogP contribution is -2.39. The lowest BCUT2D eigenvalue weighted by atomic mass is 9.97. The number of benzene rings is 2. The van der Waals surface area contributed by atoms with Crippen LogP contribution in [0.5, 0.6) is 0 Å². The van der Waals surface area contributed by atoms with Gasteiger partial charge in [0.2, 0.25) is 0 Å². The molecule has 0 aliphatic carbocycles. The van der Waals surface area contributed by atoms with Crippen molar-refractivity contribution in [3.05, 3.63) is 65.5 Å². The molecule has 132 valence electrons. The van der Waals surface area contributed by atoms with Crippen molar-refractivity contribution >= 4 is 11.6 Å². The predicted octanol–water partition coefficient (Wildman–Crippen LogP) is 3.28. The number of halogens is 1. The van der Waals surface area contributed by atoms with Gasteiger partial charge in [0.05, 0.1) is 0 Å². The third-order valence-corrected chi connectivity index (χ3v) is 4.66. The van der Waals surface area contributed by atoms with Crippen molar-refractivity contribution in [1.82, 2.24) is 4.90 Å². The molecule has 1 aliphatic rings. The van der Waals surface area contributed by atoms with E-state index in [1.54, 1.807) is 6.07 Å². The van der Waals surface area contributed by atoms with E-state index in [9.17, 15) is 14.3 Å².